The number of hydrogen-bond acceptors (Lipinski definition) is 4. The van der Waals surface area contributed by atoms with Crippen molar-refractivity contribution >= 4 is 5.97 Å². The van der Waals surface area contributed by atoms with E-state index < -0.39 is 5.97 Å². The fourth-order valence-corrected chi connectivity index (χ4v) is 1.60. The van der Waals surface area contributed by atoms with E-state index in [1.54, 1.807) is 6.92 Å². The molecule has 0 bridgehead atoms. The van der Waals surface area contributed by atoms with Crippen molar-refractivity contribution in [1.29, 1.82) is 0 Å². The average molecular weight is 246 g/mol. The van der Waals surface area contributed by atoms with Gasteiger partial charge in [0.2, 0.25) is 11.8 Å². The SMILES string of the molecule is Cc1ccc(-c2nnc(C(C)CC(=O)O)o2)cc1. The first-order valence-corrected chi connectivity index (χ1v) is 5.68. The van der Waals surface area contributed by atoms with Gasteiger partial charge in [-0.1, -0.05) is 24.6 Å². The highest BCUT2D eigenvalue weighted by molar-refractivity contribution is 5.67. The molecular weight excluding hydrogens is 232 g/mol. The number of aromatic nitrogens is 2. The van der Waals surface area contributed by atoms with Crippen molar-refractivity contribution in [3.05, 3.63) is 35.7 Å². The summed E-state index contributed by atoms with van der Waals surface area (Å²) in [6, 6.07) is 7.71. The summed E-state index contributed by atoms with van der Waals surface area (Å²) >= 11 is 0. The number of aliphatic carboxylic acids is 1. The van der Waals surface area contributed by atoms with Crippen molar-refractivity contribution in [1.82, 2.24) is 10.2 Å². The average Bonchev–Trinajstić information content (AvgIpc) is 2.78. The number of rotatable bonds is 4. The Morgan fingerprint density at radius 1 is 1.33 bits per heavy atom. The summed E-state index contributed by atoms with van der Waals surface area (Å²) < 4.78 is 5.49. The molecule has 0 aliphatic carbocycles. The summed E-state index contributed by atoms with van der Waals surface area (Å²) in [4.78, 5) is 10.6. The van der Waals surface area contributed by atoms with Crippen LogP contribution in [0.25, 0.3) is 11.5 Å². The van der Waals surface area contributed by atoms with Crippen molar-refractivity contribution in [2.24, 2.45) is 0 Å². The van der Waals surface area contributed by atoms with Gasteiger partial charge in [-0.3, -0.25) is 4.79 Å². The number of carboxylic acid groups (broad SMARTS) is 1. The molecular formula is C13H14N2O3. The molecule has 0 saturated carbocycles. The third-order valence-electron chi connectivity index (χ3n) is 2.64. The fraction of sp³-hybridized carbons (Fsp3) is 0.308. The van der Waals surface area contributed by atoms with Gasteiger partial charge in [0.05, 0.1) is 6.42 Å². The van der Waals surface area contributed by atoms with Gasteiger partial charge >= 0.3 is 5.97 Å². The summed E-state index contributed by atoms with van der Waals surface area (Å²) in [5, 5.41) is 16.5. The second-order valence-electron chi connectivity index (χ2n) is 4.31. The van der Waals surface area contributed by atoms with Gasteiger partial charge in [0, 0.05) is 11.5 Å². The molecule has 5 nitrogen and oxygen atoms in total. The highest BCUT2D eigenvalue weighted by Gasteiger charge is 2.17. The lowest BCUT2D eigenvalue weighted by atomic mass is 10.1. The van der Waals surface area contributed by atoms with Crippen LogP contribution in [0.15, 0.2) is 28.7 Å². The third kappa shape index (κ3) is 2.74. The minimum atomic E-state index is -0.877. The molecule has 0 amide bonds. The number of nitrogens with zero attached hydrogens (tertiary/aromatic N) is 2. The predicted octanol–water partition coefficient (Wildman–Crippen LogP) is 2.62. The molecule has 5 heteroatoms. The quantitative estimate of drug-likeness (QED) is 0.897. The standard InChI is InChI=1S/C13H14N2O3/c1-8-3-5-10(6-4-8)13-15-14-12(18-13)9(2)7-11(16)17/h3-6,9H,7H2,1-2H3,(H,16,17). The van der Waals surface area contributed by atoms with Gasteiger partial charge in [-0.2, -0.15) is 0 Å². The summed E-state index contributed by atoms with van der Waals surface area (Å²) in [6.07, 6.45) is -0.0183. The summed E-state index contributed by atoms with van der Waals surface area (Å²) in [6.45, 7) is 3.75. The number of carboxylic acids is 1. The van der Waals surface area contributed by atoms with Crippen LogP contribution in [-0.4, -0.2) is 21.3 Å². The molecule has 1 heterocycles. The molecule has 0 fully saturated rings. The van der Waals surface area contributed by atoms with Crippen molar-refractivity contribution in [3.8, 4) is 11.5 Å². The van der Waals surface area contributed by atoms with Crippen LogP contribution in [0.3, 0.4) is 0 Å². The zero-order valence-electron chi connectivity index (χ0n) is 10.3. The van der Waals surface area contributed by atoms with Crippen LogP contribution in [0, 0.1) is 6.92 Å². The van der Waals surface area contributed by atoms with Gasteiger partial charge in [-0.25, -0.2) is 0 Å². The first-order valence-electron chi connectivity index (χ1n) is 5.68. The maximum absolute atomic E-state index is 10.6. The lowest BCUT2D eigenvalue weighted by Gasteiger charge is -2.01. The Labute approximate surface area is 104 Å². The largest absolute Gasteiger partial charge is 0.481 e. The molecule has 94 valence electrons. The minimum Gasteiger partial charge on any atom is -0.481 e. The highest BCUT2D eigenvalue weighted by atomic mass is 16.4. The van der Waals surface area contributed by atoms with Gasteiger partial charge in [-0.15, -0.1) is 10.2 Å². The minimum absolute atomic E-state index is 0.0183. The molecule has 0 aliphatic heterocycles. The topological polar surface area (TPSA) is 76.2 Å². The first kappa shape index (κ1) is 12.3. The summed E-state index contributed by atoms with van der Waals surface area (Å²) in [5.41, 5.74) is 1.99. The van der Waals surface area contributed by atoms with Crippen molar-refractivity contribution in [3.63, 3.8) is 0 Å². The number of benzene rings is 1. The van der Waals surface area contributed by atoms with E-state index >= 15 is 0 Å². The normalized spacial score (nSPS) is 12.3. The molecule has 1 unspecified atom stereocenters. The van der Waals surface area contributed by atoms with Crippen LogP contribution in [0.4, 0.5) is 0 Å². The molecule has 1 aromatic carbocycles. The number of hydrogen-bond donors (Lipinski definition) is 1. The first-order chi connectivity index (χ1) is 8.56. The van der Waals surface area contributed by atoms with Crippen LogP contribution < -0.4 is 0 Å². The lowest BCUT2D eigenvalue weighted by Crippen LogP contribution is -2.02. The number of carbonyl (C=O) groups is 1. The Morgan fingerprint density at radius 2 is 2.00 bits per heavy atom. The van der Waals surface area contributed by atoms with E-state index in [2.05, 4.69) is 10.2 Å². The van der Waals surface area contributed by atoms with Crippen molar-refractivity contribution in [2.45, 2.75) is 26.2 Å². The summed E-state index contributed by atoms with van der Waals surface area (Å²) in [7, 11) is 0. The van der Waals surface area contributed by atoms with E-state index in [1.807, 2.05) is 31.2 Å². The maximum Gasteiger partial charge on any atom is 0.304 e. The maximum atomic E-state index is 10.6. The van der Waals surface area contributed by atoms with Crippen LogP contribution in [0.1, 0.15) is 30.7 Å². The smallest absolute Gasteiger partial charge is 0.304 e. The zero-order chi connectivity index (χ0) is 13.1. The molecule has 1 atom stereocenters. The number of aryl methyl sites for hydroxylation is 1. The second-order valence-corrected chi connectivity index (χ2v) is 4.31. The van der Waals surface area contributed by atoms with Gasteiger partial charge in [0.25, 0.3) is 0 Å². The van der Waals surface area contributed by atoms with E-state index in [-0.39, 0.29) is 12.3 Å². The Balaban J connectivity index is 2.19. The summed E-state index contributed by atoms with van der Waals surface area (Å²) in [5.74, 6) is -0.387. The Bertz CT molecular complexity index is 546. The van der Waals surface area contributed by atoms with E-state index in [9.17, 15) is 4.79 Å². The predicted molar refractivity (Wildman–Crippen MR) is 65.1 cm³/mol. The highest BCUT2D eigenvalue weighted by Crippen LogP contribution is 2.23. The monoisotopic (exact) mass is 246 g/mol. The van der Waals surface area contributed by atoms with E-state index in [0.29, 0.717) is 11.8 Å². The second kappa shape index (κ2) is 5.00. The molecule has 2 aromatic rings. The van der Waals surface area contributed by atoms with Gasteiger partial charge in [0.15, 0.2) is 0 Å². The van der Waals surface area contributed by atoms with Gasteiger partial charge in [0.1, 0.15) is 0 Å². The molecule has 0 saturated heterocycles. The molecule has 0 aliphatic rings. The molecule has 2 rings (SSSR count). The van der Waals surface area contributed by atoms with E-state index in [0.717, 1.165) is 11.1 Å². The molecule has 18 heavy (non-hydrogen) atoms. The van der Waals surface area contributed by atoms with Crippen molar-refractivity contribution < 1.29 is 14.3 Å². The van der Waals surface area contributed by atoms with Crippen LogP contribution >= 0.6 is 0 Å². The molecule has 0 spiro atoms. The zero-order valence-corrected chi connectivity index (χ0v) is 10.3. The van der Waals surface area contributed by atoms with Crippen LogP contribution in [0.2, 0.25) is 0 Å². The molecule has 1 N–H and O–H groups in total. The molecule has 0 radical (unpaired) electrons. The third-order valence-corrected chi connectivity index (χ3v) is 2.64. The van der Waals surface area contributed by atoms with Crippen molar-refractivity contribution in [2.75, 3.05) is 0 Å². The lowest BCUT2D eigenvalue weighted by molar-refractivity contribution is -0.137. The van der Waals surface area contributed by atoms with Gasteiger partial charge < -0.3 is 9.52 Å². The van der Waals surface area contributed by atoms with E-state index in [4.69, 9.17) is 9.52 Å². The Kier molecular flexibility index (Phi) is 3.41. The fourth-order valence-electron chi connectivity index (χ4n) is 1.60. The Hall–Kier alpha value is -2.17. The Morgan fingerprint density at radius 3 is 2.61 bits per heavy atom. The molecule has 1 aromatic heterocycles. The van der Waals surface area contributed by atoms with Crippen LogP contribution in [-0.2, 0) is 4.79 Å². The van der Waals surface area contributed by atoms with Crippen LogP contribution in [0.5, 0.6) is 0 Å². The van der Waals surface area contributed by atoms with Gasteiger partial charge in [-0.05, 0) is 19.1 Å². The van der Waals surface area contributed by atoms with E-state index in [1.165, 1.54) is 0 Å².